The number of aryl methyl sites for hydroxylation is 1. The van der Waals surface area contributed by atoms with Crippen molar-refractivity contribution in [2.24, 2.45) is 11.0 Å². The molecule has 3 rings (SSSR count). The zero-order valence-corrected chi connectivity index (χ0v) is 15.6. The monoisotopic (exact) mass is 374 g/mol. The molecule has 1 heterocycles. The van der Waals surface area contributed by atoms with Gasteiger partial charge in [-0.3, -0.25) is 4.79 Å². The minimum absolute atomic E-state index is 0.134. The van der Waals surface area contributed by atoms with Crippen LogP contribution in [0.1, 0.15) is 45.4 Å². The van der Waals surface area contributed by atoms with Crippen LogP contribution >= 0.6 is 11.3 Å². The van der Waals surface area contributed by atoms with E-state index in [1.54, 1.807) is 0 Å². The molecule has 1 aliphatic carbocycles. The predicted octanol–water partition coefficient (Wildman–Crippen LogP) is 3.45. The number of phenolic OH excluding ortho intramolecular Hbond substituents is 2. The first-order valence-electron chi connectivity index (χ1n) is 8.56. The number of fused-ring (bicyclic) bond motifs is 1. The highest BCUT2D eigenvalue weighted by molar-refractivity contribution is 7.14. The van der Waals surface area contributed by atoms with E-state index in [9.17, 15) is 15.0 Å². The molecule has 7 heteroatoms. The number of hydrogen-bond acceptors (Lipinski definition) is 6. The topological polar surface area (TPSA) is 91.2 Å². The summed E-state index contributed by atoms with van der Waals surface area (Å²) in [6, 6.07) is 4.82. The molecule has 2 aromatic rings. The van der Waals surface area contributed by atoms with E-state index in [0.29, 0.717) is 16.4 Å². The average Bonchev–Trinajstić information content (AvgIpc) is 3.07. The van der Waals surface area contributed by atoms with Gasteiger partial charge < -0.3 is 14.9 Å². The normalized spacial score (nSPS) is 16.5. The molecule has 0 bridgehead atoms. The van der Waals surface area contributed by atoms with Crippen LogP contribution in [-0.2, 0) is 12.8 Å². The van der Waals surface area contributed by atoms with Gasteiger partial charge >= 0.3 is 0 Å². The van der Waals surface area contributed by atoms with Gasteiger partial charge in [0.15, 0.2) is 11.5 Å². The summed E-state index contributed by atoms with van der Waals surface area (Å²) in [5.41, 5.74) is 4.29. The maximum atomic E-state index is 12.3. The molecule has 1 aromatic carbocycles. The van der Waals surface area contributed by atoms with Crippen LogP contribution in [0.15, 0.2) is 23.3 Å². The Morgan fingerprint density at radius 2 is 2.23 bits per heavy atom. The van der Waals surface area contributed by atoms with E-state index in [4.69, 9.17) is 4.74 Å². The van der Waals surface area contributed by atoms with Crippen molar-refractivity contribution in [3.8, 4) is 17.2 Å². The third-order valence-electron chi connectivity index (χ3n) is 4.66. The molecule has 6 nitrogen and oxygen atoms in total. The molecular weight excluding hydrogens is 352 g/mol. The fraction of sp³-hybridized carbons (Fsp3) is 0.368. The Bertz CT molecular complexity index is 844. The number of benzene rings is 1. The number of aromatic hydroxyl groups is 2. The van der Waals surface area contributed by atoms with Gasteiger partial charge in [-0.15, -0.1) is 11.3 Å². The largest absolute Gasteiger partial charge is 0.504 e. The van der Waals surface area contributed by atoms with Crippen molar-refractivity contribution in [2.45, 2.75) is 32.6 Å². The van der Waals surface area contributed by atoms with Gasteiger partial charge in [0.1, 0.15) is 0 Å². The SMILES string of the molecule is CCC1CCc2sc(C(=O)N/N=C/c3cc(O)c(O)c(OC)c3)cc2C1. The molecule has 1 amide bonds. The van der Waals surface area contributed by atoms with E-state index in [-0.39, 0.29) is 23.2 Å². The molecule has 1 aromatic heterocycles. The van der Waals surface area contributed by atoms with Gasteiger partial charge in [0, 0.05) is 10.4 Å². The lowest BCUT2D eigenvalue weighted by Crippen LogP contribution is -2.16. The fourth-order valence-corrected chi connectivity index (χ4v) is 4.22. The summed E-state index contributed by atoms with van der Waals surface area (Å²) in [6.45, 7) is 2.21. The highest BCUT2D eigenvalue weighted by Gasteiger charge is 2.21. The van der Waals surface area contributed by atoms with Crippen molar-refractivity contribution in [1.82, 2.24) is 5.43 Å². The standard InChI is InChI=1S/C19H22N2O4S/c1-3-11-4-5-16-13(6-11)9-17(26-16)19(24)21-20-10-12-7-14(22)18(23)15(8-12)25-2/h7-11,22-23H,3-6H2,1-2H3,(H,21,24)/b20-10+. The second kappa shape index (κ2) is 7.78. The average molecular weight is 374 g/mol. The molecule has 26 heavy (non-hydrogen) atoms. The number of nitrogens with zero attached hydrogens (tertiary/aromatic N) is 1. The molecule has 1 aliphatic rings. The minimum atomic E-state index is -0.330. The molecule has 1 atom stereocenters. The molecule has 0 fully saturated rings. The first-order valence-corrected chi connectivity index (χ1v) is 9.38. The third-order valence-corrected chi connectivity index (χ3v) is 5.90. The molecular formula is C19H22N2O4S. The van der Waals surface area contributed by atoms with Crippen LogP contribution in [0, 0.1) is 5.92 Å². The third kappa shape index (κ3) is 3.83. The van der Waals surface area contributed by atoms with E-state index < -0.39 is 0 Å². The lowest BCUT2D eigenvalue weighted by Gasteiger charge is -2.19. The summed E-state index contributed by atoms with van der Waals surface area (Å²) in [4.78, 5) is 14.3. The zero-order valence-electron chi connectivity index (χ0n) is 14.8. The number of thiophene rings is 1. The maximum Gasteiger partial charge on any atom is 0.281 e. The Hall–Kier alpha value is -2.54. The molecule has 0 saturated carbocycles. The number of carbonyl (C=O) groups excluding carboxylic acids is 1. The number of nitrogens with one attached hydrogen (secondary N) is 1. The van der Waals surface area contributed by atoms with Crippen molar-refractivity contribution < 1.29 is 19.7 Å². The summed E-state index contributed by atoms with van der Waals surface area (Å²) >= 11 is 1.53. The van der Waals surface area contributed by atoms with Crippen LogP contribution in [0.2, 0.25) is 0 Å². The lowest BCUT2D eigenvalue weighted by molar-refractivity contribution is 0.0959. The summed E-state index contributed by atoms with van der Waals surface area (Å²) in [5.74, 6) is -0.0437. The van der Waals surface area contributed by atoms with Gasteiger partial charge in [-0.25, -0.2) is 5.43 Å². The number of phenols is 2. The van der Waals surface area contributed by atoms with Gasteiger partial charge in [0.05, 0.1) is 18.2 Å². The summed E-state index contributed by atoms with van der Waals surface area (Å²) in [5, 5.41) is 23.2. The van der Waals surface area contributed by atoms with Crippen LogP contribution in [0.3, 0.4) is 0 Å². The van der Waals surface area contributed by atoms with Gasteiger partial charge in [-0.05, 0) is 48.9 Å². The Kier molecular flexibility index (Phi) is 5.46. The van der Waals surface area contributed by atoms with Crippen LogP contribution in [0.5, 0.6) is 17.2 Å². The van der Waals surface area contributed by atoms with Gasteiger partial charge in [-0.1, -0.05) is 13.3 Å². The zero-order chi connectivity index (χ0) is 18.7. The molecule has 0 aliphatic heterocycles. The number of ether oxygens (including phenoxy) is 1. The molecule has 0 radical (unpaired) electrons. The first kappa shape index (κ1) is 18.3. The fourth-order valence-electron chi connectivity index (χ4n) is 3.12. The maximum absolute atomic E-state index is 12.3. The molecule has 1 unspecified atom stereocenters. The highest BCUT2D eigenvalue weighted by atomic mass is 32.1. The van der Waals surface area contributed by atoms with Crippen molar-refractivity contribution in [1.29, 1.82) is 0 Å². The Morgan fingerprint density at radius 1 is 1.42 bits per heavy atom. The van der Waals surface area contributed by atoms with Crippen LogP contribution in [0.25, 0.3) is 0 Å². The summed E-state index contributed by atoms with van der Waals surface area (Å²) < 4.78 is 4.97. The summed E-state index contributed by atoms with van der Waals surface area (Å²) in [7, 11) is 1.39. The lowest BCUT2D eigenvalue weighted by atomic mass is 9.87. The Balaban J connectivity index is 1.67. The molecule has 0 saturated heterocycles. The van der Waals surface area contributed by atoms with Crippen molar-refractivity contribution in [3.63, 3.8) is 0 Å². The molecule has 3 N–H and O–H groups in total. The van der Waals surface area contributed by atoms with Crippen LogP contribution < -0.4 is 10.2 Å². The minimum Gasteiger partial charge on any atom is -0.504 e. The van der Waals surface area contributed by atoms with Crippen molar-refractivity contribution in [3.05, 3.63) is 39.1 Å². The van der Waals surface area contributed by atoms with Crippen LogP contribution in [0.4, 0.5) is 0 Å². The van der Waals surface area contributed by atoms with Gasteiger partial charge in [-0.2, -0.15) is 5.10 Å². The van der Waals surface area contributed by atoms with Gasteiger partial charge in [0.25, 0.3) is 5.91 Å². The van der Waals surface area contributed by atoms with Crippen molar-refractivity contribution in [2.75, 3.05) is 7.11 Å². The number of hydrazone groups is 1. The van der Waals surface area contributed by atoms with E-state index in [1.807, 2.05) is 6.07 Å². The predicted molar refractivity (Wildman–Crippen MR) is 102 cm³/mol. The first-order chi connectivity index (χ1) is 12.5. The quantitative estimate of drug-likeness (QED) is 0.425. The highest BCUT2D eigenvalue weighted by Crippen LogP contribution is 2.36. The summed E-state index contributed by atoms with van der Waals surface area (Å²) in [6.07, 6.45) is 5.84. The smallest absolute Gasteiger partial charge is 0.281 e. The Morgan fingerprint density at radius 3 is 2.96 bits per heavy atom. The number of amides is 1. The van der Waals surface area contributed by atoms with E-state index >= 15 is 0 Å². The van der Waals surface area contributed by atoms with Crippen molar-refractivity contribution >= 4 is 23.5 Å². The number of hydrogen-bond donors (Lipinski definition) is 3. The number of rotatable bonds is 5. The second-order valence-electron chi connectivity index (χ2n) is 6.37. The second-order valence-corrected chi connectivity index (χ2v) is 7.50. The number of methoxy groups -OCH3 is 1. The van der Waals surface area contributed by atoms with E-state index in [1.165, 1.54) is 60.1 Å². The van der Waals surface area contributed by atoms with Crippen LogP contribution in [-0.4, -0.2) is 29.4 Å². The molecule has 0 spiro atoms. The van der Waals surface area contributed by atoms with E-state index in [2.05, 4.69) is 17.5 Å². The number of carbonyl (C=O) groups is 1. The van der Waals surface area contributed by atoms with E-state index in [0.717, 1.165) is 12.8 Å². The molecule has 138 valence electrons. The Labute approximate surface area is 156 Å². The van der Waals surface area contributed by atoms with Gasteiger partial charge in [0.2, 0.25) is 5.75 Å².